The number of amides is 1. The normalized spacial score (nSPS) is 18.6. The van der Waals surface area contributed by atoms with E-state index in [4.69, 9.17) is 0 Å². The van der Waals surface area contributed by atoms with Crippen molar-refractivity contribution >= 4 is 15.9 Å². The summed E-state index contributed by atoms with van der Waals surface area (Å²) < 4.78 is 27.2. The van der Waals surface area contributed by atoms with Gasteiger partial charge in [0, 0.05) is 19.6 Å². The number of carbonyl (C=O) groups excluding carboxylic acids is 1. The highest BCUT2D eigenvalue weighted by molar-refractivity contribution is 7.89. The van der Waals surface area contributed by atoms with Crippen LogP contribution in [0, 0.1) is 5.92 Å². The minimum atomic E-state index is -3.18. The first-order valence-corrected chi connectivity index (χ1v) is 10.3. The first-order valence-electron chi connectivity index (χ1n) is 8.71. The van der Waals surface area contributed by atoms with Gasteiger partial charge < -0.3 is 5.32 Å². The number of sulfonamides is 1. The summed E-state index contributed by atoms with van der Waals surface area (Å²) in [6, 6.07) is 7.18. The van der Waals surface area contributed by atoms with Crippen LogP contribution in [0.25, 0.3) is 5.69 Å². The molecule has 1 amide bonds. The van der Waals surface area contributed by atoms with Gasteiger partial charge in [0.05, 0.1) is 17.0 Å². The number of para-hydroxylation sites is 1. The Bertz CT molecular complexity index is 851. The molecular formula is C17H23N5O3S. The molecule has 26 heavy (non-hydrogen) atoms. The van der Waals surface area contributed by atoms with Crippen LogP contribution in [0.1, 0.15) is 30.1 Å². The van der Waals surface area contributed by atoms with Crippen LogP contribution in [0.5, 0.6) is 0 Å². The molecule has 1 aliphatic heterocycles. The summed E-state index contributed by atoms with van der Waals surface area (Å²) in [5, 5.41) is 7.02. The molecule has 9 heteroatoms. The molecule has 0 saturated carbocycles. The molecule has 0 radical (unpaired) electrons. The summed E-state index contributed by atoms with van der Waals surface area (Å²) in [4.78, 5) is 16.5. The number of piperidine rings is 1. The summed E-state index contributed by atoms with van der Waals surface area (Å²) in [6.45, 7) is 3.12. The highest BCUT2D eigenvalue weighted by atomic mass is 32.2. The van der Waals surface area contributed by atoms with Crippen molar-refractivity contribution in [2.45, 2.75) is 19.8 Å². The summed E-state index contributed by atoms with van der Waals surface area (Å²) >= 11 is 0. The predicted molar refractivity (Wildman–Crippen MR) is 97.5 cm³/mol. The Morgan fingerprint density at radius 2 is 2.15 bits per heavy atom. The van der Waals surface area contributed by atoms with Crippen LogP contribution in [-0.2, 0) is 10.0 Å². The van der Waals surface area contributed by atoms with E-state index >= 15 is 0 Å². The van der Waals surface area contributed by atoms with E-state index in [1.165, 1.54) is 10.6 Å². The zero-order valence-corrected chi connectivity index (χ0v) is 15.5. The zero-order valence-electron chi connectivity index (χ0n) is 14.7. The van der Waals surface area contributed by atoms with Gasteiger partial charge in [0.2, 0.25) is 10.0 Å². The van der Waals surface area contributed by atoms with Crippen LogP contribution >= 0.6 is 0 Å². The molecule has 1 fully saturated rings. The molecule has 2 aromatic rings. The van der Waals surface area contributed by atoms with Crippen molar-refractivity contribution in [3.8, 4) is 5.69 Å². The second-order valence-electron chi connectivity index (χ2n) is 6.33. The van der Waals surface area contributed by atoms with Gasteiger partial charge in [-0.05, 0) is 37.8 Å². The Morgan fingerprint density at radius 1 is 1.35 bits per heavy atom. The van der Waals surface area contributed by atoms with Gasteiger partial charge in [0.1, 0.15) is 12.7 Å². The van der Waals surface area contributed by atoms with Crippen molar-refractivity contribution in [1.29, 1.82) is 0 Å². The van der Waals surface area contributed by atoms with Crippen molar-refractivity contribution in [1.82, 2.24) is 24.4 Å². The van der Waals surface area contributed by atoms with Crippen molar-refractivity contribution in [2.24, 2.45) is 5.92 Å². The highest BCUT2D eigenvalue weighted by Crippen LogP contribution is 2.19. The minimum absolute atomic E-state index is 0.108. The molecule has 0 bridgehead atoms. The summed E-state index contributed by atoms with van der Waals surface area (Å²) in [6.07, 6.45) is 4.68. The van der Waals surface area contributed by atoms with E-state index in [-0.39, 0.29) is 17.6 Å². The lowest BCUT2D eigenvalue weighted by molar-refractivity contribution is 0.0941. The van der Waals surface area contributed by atoms with E-state index in [0.717, 1.165) is 12.8 Å². The van der Waals surface area contributed by atoms with Gasteiger partial charge >= 0.3 is 0 Å². The van der Waals surface area contributed by atoms with Crippen molar-refractivity contribution in [2.75, 3.05) is 25.4 Å². The monoisotopic (exact) mass is 377 g/mol. The lowest BCUT2D eigenvalue weighted by Gasteiger charge is -2.31. The predicted octanol–water partition coefficient (Wildman–Crippen LogP) is 1.06. The summed E-state index contributed by atoms with van der Waals surface area (Å²) in [5.74, 6) is 0.0244. The first kappa shape index (κ1) is 18.5. The van der Waals surface area contributed by atoms with Crippen molar-refractivity contribution in [3.05, 3.63) is 42.5 Å². The Kier molecular flexibility index (Phi) is 5.67. The zero-order chi connectivity index (χ0) is 18.6. The van der Waals surface area contributed by atoms with Gasteiger partial charge in [0.25, 0.3) is 5.91 Å². The Morgan fingerprint density at radius 3 is 2.88 bits per heavy atom. The number of benzene rings is 1. The molecule has 0 spiro atoms. The van der Waals surface area contributed by atoms with Crippen LogP contribution in [0.2, 0.25) is 0 Å². The average Bonchev–Trinajstić information content (AvgIpc) is 3.21. The number of carbonyl (C=O) groups is 1. The minimum Gasteiger partial charge on any atom is -0.352 e. The van der Waals surface area contributed by atoms with Crippen LogP contribution in [0.4, 0.5) is 0 Å². The molecule has 1 saturated heterocycles. The standard InChI is InChI=1S/C17H23N5O3S/c1-2-26(24,25)21-9-5-6-14(11-21)10-19-17(23)15-7-3-4-8-16(15)22-13-18-12-20-22/h3-4,7-8,12-14H,2,5-6,9-11H2,1H3,(H,19,23). The molecule has 140 valence electrons. The van der Waals surface area contributed by atoms with E-state index < -0.39 is 10.0 Å². The highest BCUT2D eigenvalue weighted by Gasteiger charge is 2.28. The fraction of sp³-hybridized carbons (Fsp3) is 0.471. The van der Waals surface area contributed by atoms with E-state index in [1.807, 2.05) is 6.07 Å². The molecule has 1 aliphatic rings. The van der Waals surface area contributed by atoms with E-state index in [9.17, 15) is 13.2 Å². The SMILES string of the molecule is CCS(=O)(=O)N1CCCC(CNC(=O)c2ccccc2-n2cncn2)C1. The first-order chi connectivity index (χ1) is 12.5. The molecular weight excluding hydrogens is 354 g/mol. The lowest BCUT2D eigenvalue weighted by Crippen LogP contribution is -2.44. The molecule has 1 N–H and O–H groups in total. The number of hydrogen-bond acceptors (Lipinski definition) is 5. The Labute approximate surface area is 153 Å². The molecule has 0 aliphatic carbocycles. The molecule has 1 unspecified atom stereocenters. The second-order valence-corrected chi connectivity index (χ2v) is 8.59. The van der Waals surface area contributed by atoms with Crippen LogP contribution in [0.3, 0.4) is 0 Å². The third kappa shape index (κ3) is 4.10. The quantitative estimate of drug-likeness (QED) is 0.812. The summed E-state index contributed by atoms with van der Waals surface area (Å²) in [5.41, 5.74) is 1.16. The smallest absolute Gasteiger partial charge is 0.253 e. The molecule has 8 nitrogen and oxygen atoms in total. The molecule has 1 atom stereocenters. The van der Waals surface area contributed by atoms with Crippen molar-refractivity contribution < 1.29 is 13.2 Å². The van der Waals surface area contributed by atoms with Crippen LogP contribution < -0.4 is 5.32 Å². The number of nitrogens with zero attached hydrogens (tertiary/aromatic N) is 4. The van der Waals surface area contributed by atoms with Gasteiger partial charge in [0.15, 0.2) is 0 Å². The van der Waals surface area contributed by atoms with Gasteiger partial charge in [-0.25, -0.2) is 22.4 Å². The average molecular weight is 377 g/mol. The van der Waals surface area contributed by atoms with Crippen molar-refractivity contribution in [3.63, 3.8) is 0 Å². The van der Waals surface area contributed by atoms with E-state index in [0.29, 0.717) is 30.9 Å². The maximum absolute atomic E-state index is 12.6. The number of nitrogens with one attached hydrogen (secondary N) is 1. The van der Waals surface area contributed by atoms with E-state index in [1.54, 1.807) is 36.1 Å². The van der Waals surface area contributed by atoms with Gasteiger partial charge in [-0.15, -0.1) is 0 Å². The van der Waals surface area contributed by atoms with Gasteiger partial charge in [-0.3, -0.25) is 4.79 Å². The van der Waals surface area contributed by atoms with Gasteiger partial charge in [-0.1, -0.05) is 12.1 Å². The van der Waals surface area contributed by atoms with Crippen LogP contribution in [-0.4, -0.2) is 58.8 Å². The van der Waals surface area contributed by atoms with Crippen LogP contribution in [0.15, 0.2) is 36.9 Å². The van der Waals surface area contributed by atoms with E-state index in [2.05, 4.69) is 15.4 Å². The topological polar surface area (TPSA) is 97.2 Å². The molecule has 1 aromatic heterocycles. The number of hydrogen-bond donors (Lipinski definition) is 1. The number of rotatable bonds is 6. The lowest BCUT2D eigenvalue weighted by atomic mass is 9.99. The van der Waals surface area contributed by atoms with Gasteiger partial charge in [-0.2, -0.15) is 5.10 Å². The molecule has 2 heterocycles. The second kappa shape index (κ2) is 7.96. The fourth-order valence-electron chi connectivity index (χ4n) is 3.16. The third-order valence-electron chi connectivity index (χ3n) is 4.61. The molecule has 1 aromatic carbocycles. The Balaban J connectivity index is 1.65. The number of aromatic nitrogens is 3. The summed E-state index contributed by atoms with van der Waals surface area (Å²) in [7, 11) is -3.18. The fourth-order valence-corrected chi connectivity index (χ4v) is 4.37. The largest absolute Gasteiger partial charge is 0.352 e. The third-order valence-corrected chi connectivity index (χ3v) is 6.45. The maximum atomic E-state index is 12.6. The molecule has 3 rings (SSSR count). The Hall–Kier alpha value is -2.26. The maximum Gasteiger partial charge on any atom is 0.253 e.